The third-order valence-corrected chi connectivity index (χ3v) is 3.39. The van der Waals surface area contributed by atoms with Crippen LogP contribution in [0.3, 0.4) is 0 Å². The first-order chi connectivity index (χ1) is 10.2. The zero-order chi connectivity index (χ0) is 14.7. The minimum atomic E-state index is 0.744. The number of aryl methyl sites for hydroxylation is 2. The Bertz CT molecular complexity index is 734. The van der Waals surface area contributed by atoms with E-state index in [0.29, 0.717) is 0 Å². The molecule has 2 aromatic heterocycles. The second-order valence-electron chi connectivity index (χ2n) is 5.01. The van der Waals surface area contributed by atoms with Crippen molar-refractivity contribution in [2.45, 2.75) is 20.4 Å². The molecule has 1 N–H and O–H groups in total. The number of aromatic nitrogens is 4. The fourth-order valence-electron chi connectivity index (χ4n) is 2.16. The van der Waals surface area contributed by atoms with Gasteiger partial charge in [0.1, 0.15) is 24.3 Å². The van der Waals surface area contributed by atoms with Gasteiger partial charge >= 0.3 is 0 Å². The highest BCUT2D eigenvalue weighted by molar-refractivity contribution is 5.42. The van der Waals surface area contributed by atoms with Crippen LogP contribution in [0.15, 0.2) is 49.3 Å². The lowest BCUT2D eigenvalue weighted by molar-refractivity contribution is 0.963. The van der Waals surface area contributed by atoms with Gasteiger partial charge in [-0.15, -0.1) is 0 Å². The van der Waals surface area contributed by atoms with Crippen molar-refractivity contribution in [1.29, 1.82) is 0 Å². The quantitative estimate of drug-likeness (QED) is 0.798. The Morgan fingerprint density at radius 2 is 2.05 bits per heavy atom. The molecule has 0 aliphatic carbocycles. The van der Waals surface area contributed by atoms with Crippen LogP contribution in [0.1, 0.15) is 16.7 Å². The maximum absolute atomic E-state index is 4.26. The van der Waals surface area contributed by atoms with Gasteiger partial charge < -0.3 is 5.32 Å². The standard InChI is InChI=1S/C16H17N5/c1-12-3-4-13(2)14(7-12)9-18-15-8-16(20-10-19-15)21-6-5-17-11-21/h3-8,10-11H,9H2,1-2H3,(H,18,19,20). The molecule has 5 heteroatoms. The van der Waals surface area contributed by atoms with Gasteiger partial charge in [-0.25, -0.2) is 15.0 Å². The predicted molar refractivity (Wildman–Crippen MR) is 82.4 cm³/mol. The van der Waals surface area contributed by atoms with Crippen molar-refractivity contribution in [3.8, 4) is 5.82 Å². The van der Waals surface area contributed by atoms with Crippen LogP contribution in [0.25, 0.3) is 5.82 Å². The molecule has 5 nitrogen and oxygen atoms in total. The number of hydrogen-bond acceptors (Lipinski definition) is 4. The minimum Gasteiger partial charge on any atom is -0.366 e. The Kier molecular flexibility index (Phi) is 3.64. The van der Waals surface area contributed by atoms with Crippen molar-refractivity contribution in [1.82, 2.24) is 19.5 Å². The summed E-state index contributed by atoms with van der Waals surface area (Å²) in [5.41, 5.74) is 3.81. The molecule has 0 fully saturated rings. The summed E-state index contributed by atoms with van der Waals surface area (Å²) in [7, 11) is 0. The van der Waals surface area contributed by atoms with E-state index < -0.39 is 0 Å². The molecule has 2 heterocycles. The largest absolute Gasteiger partial charge is 0.366 e. The molecule has 0 spiro atoms. The van der Waals surface area contributed by atoms with E-state index >= 15 is 0 Å². The predicted octanol–water partition coefficient (Wildman–Crippen LogP) is 2.89. The van der Waals surface area contributed by atoms with E-state index in [2.05, 4.69) is 52.3 Å². The first-order valence-corrected chi connectivity index (χ1v) is 6.83. The van der Waals surface area contributed by atoms with Crippen LogP contribution < -0.4 is 5.32 Å². The number of imidazole rings is 1. The summed E-state index contributed by atoms with van der Waals surface area (Å²) >= 11 is 0. The molecule has 0 saturated heterocycles. The van der Waals surface area contributed by atoms with Crippen LogP contribution in [-0.4, -0.2) is 19.5 Å². The molecule has 0 radical (unpaired) electrons. The molecular formula is C16H17N5. The molecule has 1 aromatic carbocycles. The van der Waals surface area contributed by atoms with Crippen LogP contribution in [0.2, 0.25) is 0 Å². The van der Waals surface area contributed by atoms with Crippen LogP contribution in [0.4, 0.5) is 5.82 Å². The van der Waals surface area contributed by atoms with Gasteiger partial charge in [-0.3, -0.25) is 4.57 Å². The van der Waals surface area contributed by atoms with E-state index in [9.17, 15) is 0 Å². The van der Waals surface area contributed by atoms with E-state index in [1.165, 1.54) is 16.7 Å². The summed E-state index contributed by atoms with van der Waals surface area (Å²) in [5.74, 6) is 1.60. The second kappa shape index (κ2) is 5.75. The summed E-state index contributed by atoms with van der Waals surface area (Å²) in [6.45, 7) is 4.96. The lowest BCUT2D eigenvalue weighted by Crippen LogP contribution is -2.05. The van der Waals surface area contributed by atoms with Crippen molar-refractivity contribution in [2.75, 3.05) is 5.32 Å². The fourth-order valence-corrected chi connectivity index (χ4v) is 2.16. The zero-order valence-electron chi connectivity index (χ0n) is 12.1. The van der Waals surface area contributed by atoms with Crippen molar-refractivity contribution in [3.05, 3.63) is 66.0 Å². The molecule has 3 rings (SSSR count). The van der Waals surface area contributed by atoms with Gasteiger partial charge in [-0.05, 0) is 25.0 Å². The molecule has 0 atom stereocenters. The van der Waals surface area contributed by atoms with Gasteiger partial charge in [0.2, 0.25) is 0 Å². The van der Waals surface area contributed by atoms with Gasteiger partial charge in [0, 0.05) is 25.0 Å². The molecule has 21 heavy (non-hydrogen) atoms. The SMILES string of the molecule is Cc1ccc(C)c(CNc2cc(-n3ccnc3)ncn2)c1. The second-order valence-corrected chi connectivity index (χ2v) is 5.01. The average molecular weight is 279 g/mol. The Labute approximate surface area is 123 Å². The Morgan fingerprint density at radius 3 is 2.86 bits per heavy atom. The Balaban J connectivity index is 1.76. The molecule has 0 unspecified atom stereocenters. The molecule has 0 amide bonds. The van der Waals surface area contributed by atoms with E-state index in [0.717, 1.165) is 18.2 Å². The van der Waals surface area contributed by atoms with Gasteiger partial charge in [0.25, 0.3) is 0 Å². The number of rotatable bonds is 4. The highest BCUT2D eigenvalue weighted by atomic mass is 15.1. The van der Waals surface area contributed by atoms with Crippen LogP contribution in [-0.2, 0) is 6.54 Å². The molecule has 0 aliphatic rings. The van der Waals surface area contributed by atoms with Crippen molar-refractivity contribution >= 4 is 5.82 Å². The topological polar surface area (TPSA) is 55.6 Å². The Hall–Kier alpha value is -2.69. The molecular weight excluding hydrogens is 262 g/mol. The number of anilines is 1. The summed E-state index contributed by atoms with van der Waals surface area (Å²) in [4.78, 5) is 12.5. The van der Waals surface area contributed by atoms with Gasteiger partial charge in [0.15, 0.2) is 0 Å². The number of hydrogen-bond donors (Lipinski definition) is 1. The molecule has 3 aromatic rings. The number of nitrogens with zero attached hydrogens (tertiary/aromatic N) is 4. The average Bonchev–Trinajstić information content (AvgIpc) is 3.03. The van der Waals surface area contributed by atoms with Crippen LogP contribution in [0.5, 0.6) is 0 Å². The van der Waals surface area contributed by atoms with Crippen LogP contribution >= 0.6 is 0 Å². The third-order valence-electron chi connectivity index (χ3n) is 3.39. The Morgan fingerprint density at radius 1 is 1.14 bits per heavy atom. The number of benzene rings is 1. The molecule has 0 bridgehead atoms. The van der Waals surface area contributed by atoms with E-state index in [4.69, 9.17) is 0 Å². The van der Waals surface area contributed by atoms with E-state index in [-0.39, 0.29) is 0 Å². The summed E-state index contributed by atoms with van der Waals surface area (Å²) in [6, 6.07) is 8.37. The maximum atomic E-state index is 4.26. The summed E-state index contributed by atoms with van der Waals surface area (Å²) < 4.78 is 1.85. The monoisotopic (exact) mass is 279 g/mol. The molecule has 0 saturated carbocycles. The van der Waals surface area contributed by atoms with Gasteiger partial charge in [-0.2, -0.15) is 0 Å². The van der Waals surface area contributed by atoms with Crippen molar-refractivity contribution in [2.24, 2.45) is 0 Å². The van der Waals surface area contributed by atoms with Crippen molar-refractivity contribution < 1.29 is 0 Å². The van der Waals surface area contributed by atoms with Crippen LogP contribution in [0, 0.1) is 13.8 Å². The maximum Gasteiger partial charge on any atom is 0.143 e. The van der Waals surface area contributed by atoms with Gasteiger partial charge in [0.05, 0.1) is 0 Å². The molecule has 0 aliphatic heterocycles. The minimum absolute atomic E-state index is 0.744. The van der Waals surface area contributed by atoms with Crippen molar-refractivity contribution in [3.63, 3.8) is 0 Å². The highest BCUT2D eigenvalue weighted by Crippen LogP contribution is 2.14. The third kappa shape index (κ3) is 3.08. The first-order valence-electron chi connectivity index (χ1n) is 6.83. The van der Waals surface area contributed by atoms with E-state index in [1.54, 1.807) is 18.9 Å². The highest BCUT2D eigenvalue weighted by Gasteiger charge is 2.02. The lowest BCUT2D eigenvalue weighted by Gasteiger charge is -2.10. The summed E-state index contributed by atoms with van der Waals surface area (Å²) in [5, 5.41) is 3.35. The van der Waals surface area contributed by atoms with E-state index in [1.807, 2.05) is 16.8 Å². The number of nitrogens with one attached hydrogen (secondary N) is 1. The first kappa shape index (κ1) is 13.3. The fraction of sp³-hybridized carbons (Fsp3) is 0.188. The molecule has 106 valence electrons. The lowest BCUT2D eigenvalue weighted by atomic mass is 10.1. The normalized spacial score (nSPS) is 10.6. The smallest absolute Gasteiger partial charge is 0.143 e. The van der Waals surface area contributed by atoms with Gasteiger partial charge in [-0.1, -0.05) is 23.8 Å². The summed E-state index contributed by atoms with van der Waals surface area (Å²) in [6.07, 6.45) is 6.86. The zero-order valence-corrected chi connectivity index (χ0v) is 12.1.